The maximum absolute atomic E-state index is 13.7. The zero-order chi connectivity index (χ0) is 25.7. The van der Waals surface area contributed by atoms with Crippen molar-refractivity contribution in [3.05, 3.63) is 107 Å². The van der Waals surface area contributed by atoms with Crippen molar-refractivity contribution in [3.8, 4) is 5.75 Å². The van der Waals surface area contributed by atoms with Crippen LogP contribution in [0, 0.1) is 6.92 Å². The molecule has 3 aromatic rings. The number of benzene rings is 3. The summed E-state index contributed by atoms with van der Waals surface area (Å²) in [4.78, 5) is 29.0. The summed E-state index contributed by atoms with van der Waals surface area (Å²) in [5.41, 5.74) is 2.92. The van der Waals surface area contributed by atoms with Gasteiger partial charge in [0.25, 0.3) is 5.91 Å². The topological polar surface area (TPSA) is 74.1 Å². The molecule has 1 aliphatic rings. The summed E-state index contributed by atoms with van der Waals surface area (Å²) < 4.78 is 5.89. The molecule has 1 aliphatic heterocycles. The van der Waals surface area contributed by atoms with E-state index >= 15 is 0 Å². The van der Waals surface area contributed by atoms with Crippen LogP contribution in [0.1, 0.15) is 34.7 Å². The van der Waals surface area contributed by atoms with Crippen LogP contribution >= 0.6 is 0 Å². The third kappa shape index (κ3) is 5.50. The van der Waals surface area contributed by atoms with E-state index in [2.05, 4.69) is 0 Å². The van der Waals surface area contributed by atoms with Gasteiger partial charge in [-0.15, -0.1) is 0 Å². The van der Waals surface area contributed by atoms with Crippen molar-refractivity contribution in [1.82, 2.24) is 4.90 Å². The zero-order valence-corrected chi connectivity index (χ0v) is 21.0. The molecule has 1 atom stereocenters. The fourth-order valence-corrected chi connectivity index (χ4v) is 4.55. The van der Waals surface area contributed by atoms with E-state index in [0.29, 0.717) is 30.0 Å². The first-order chi connectivity index (χ1) is 17.4. The summed E-state index contributed by atoms with van der Waals surface area (Å²) in [6.45, 7) is 3.50. The summed E-state index contributed by atoms with van der Waals surface area (Å²) in [6.07, 6.45) is 0.735. The Hall–Kier alpha value is -3.90. The molecule has 6 nitrogen and oxygen atoms in total. The number of ketones is 1. The maximum atomic E-state index is 13.7. The van der Waals surface area contributed by atoms with Crippen molar-refractivity contribution in [3.63, 3.8) is 0 Å². The largest absolute Gasteiger partial charge is 0.872 e. The highest BCUT2D eigenvalue weighted by atomic mass is 16.5. The van der Waals surface area contributed by atoms with Crippen LogP contribution in [-0.4, -0.2) is 43.8 Å². The van der Waals surface area contributed by atoms with E-state index in [9.17, 15) is 14.7 Å². The number of nitrogens with one attached hydrogen (secondary N) is 1. The van der Waals surface area contributed by atoms with Gasteiger partial charge in [0, 0.05) is 18.5 Å². The maximum Gasteiger partial charge on any atom is 0.295 e. The number of nitrogens with zero attached hydrogens (tertiary/aromatic N) is 1. The van der Waals surface area contributed by atoms with Crippen molar-refractivity contribution in [2.75, 3.05) is 27.2 Å². The molecule has 1 heterocycles. The molecule has 3 aromatic carbocycles. The number of carbonyl (C=O) groups is 2. The fraction of sp³-hybridized carbons (Fsp3) is 0.267. The molecule has 0 saturated carbocycles. The molecule has 0 aliphatic carbocycles. The van der Waals surface area contributed by atoms with E-state index in [1.54, 1.807) is 23.1 Å². The van der Waals surface area contributed by atoms with Gasteiger partial charge >= 0.3 is 0 Å². The summed E-state index contributed by atoms with van der Waals surface area (Å²) in [5, 5.41) is 13.7. The first-order valence-electron chi connectivity index (χ1n) is 12.2. The molecule has 6 heteroatoms. The van der Waals surface area contributed by atoms with Crippen LogP contribution in [0.5, 0.6) is 5.75 Å². The van der Waals surface area contributed by atoms with Gasteiger partial charge in [-0.3, -0.25) is 9.59 Å². The first kappa shape index (κ1) is 25.2. The predicted octanol–water partition coefficient (Wildman–Crippen LogP) is 2.33. The number of Topliss-reactive ketones (excluding diaryl/α,β-unsaturated/α-hetero) is 1. The number of likely N-dealkylation sites (tertiary alicyclic amines) is 1. The molecule has 36 heavy (non-hydrogen) atoms. The van der Waals surface area contributed by atoms with Crippen LogP contribution in [0.3, 0.4) is 0 Å². The van der Waals surface area contributed by atoms with Gasteiger partial charge in [0.15, 0.2) is 0 Å². The highest BCUT2D eigenvalue weighted by Gasteiger charge is 2.43. The Morgan fingerprint density at radius 1 is 0.972 bits per heavy atom. The van der Waals surface area contributed by atoms with Gasteiger partial charge in [-0.1, -0.05) is 72.5 Å². The summed E-state index contributed by atoms with van der Waals surface area (Å²) in [6, 6.07) is 23.7. The average Bonchev–Trinajstić information content (AvgIpc) is 3.13. The van der Waals surface area contributed by atoms with Crippen LogP contribution in [0.25, 0.3) is 5.76 Å². The standard InChI is InChI=1S/C30H32N2O4/c1-21-19-24(36-20-22-11-6-4-7-12-22)15-16-25(21)28(33)26-27(23-13-8-5-9-14-23)32(30(35)29(26)34)18-10-17-31(2)3/h4-9,11-16,19,27,33H,10,17-18,20H2,1-3H3/b28-26+. The summed E-state index contributed by atoms with van der Waals surface area (Å²) >= 11 is 0. The molecule has 1 N–H and O–H groups in total. The fourth-order valence-electron chi connectivity index (χ4n) is 4.55. The predicted molar refractivity (Wildman–Crippen MR) is 137 cm³/mol. The molecule has 1 fully saturated rings. The Bertz CT molecular complexity index is 1250. The van der Waals surface area contributed by atoms with Crippen LogP contribution in [0.4, 0.5) is 0 Å². The van der Waals surface area contributed by atoms with E-state index in [4.69, 9.17) is 4.74 Å². The summed E-state index contributed by atoms with van der Waals surface area (Å²) in [5.74, 6) is -1.09. The second kappa shape index (κ2) is 11.2. The lowest BCUT2D eigenvalue weighted by Crippen LogP contribution is -3.05. The molecule has 4 rings (SSSR count). The van der Waals surface area contributed by atoms with Gasteiger partial charge < -0.3 is 19.6 Å². The normalized spacial score (nSPS) is 17.1. The van der Waals surface area contributed by atoms with Crippen molar-refractivity contribution in [2.24, 2.45) is 0 Å². The van der Waals surface area contributed by atoms with Gasteiger partial charge in [-0.05, 0) is 41.3 Å². The van der Waals surface area contributed by atoms with Gasteiger partial charge in [0.1, 0.15) is 12.4 Å². The first-order valence-corrected chi connectivity index (χ1v) is 12.2. The minimum Gasteiger partial charge on any atom is -0.872 e. The SMILES string of the molecule is Cc1cc(OCc2ccccc2)ccc1/C([O-])=C1\C(=O)C(=O)N(CCC[NH+](C)C)C1c1ccccc1. The molecule has 1 saturated heterocycles. The Kier molecular flexibility index (Phi) is 7.86. The van der Waals surface area contributed by atoms with E-state index in [1.165, 1.54) is 4.90 Å². The Labute approximate surface area is 212 Å². The lowest BCUT2D eigenvalue weighted by atomic mass is 9.94. The van der Waals surface area contributed by atoms with Crippen molar-refractivity contribution in [1.29, 1.82) is 0 Å². The second-order valence-corrected chi connectivity index (χ2v) is 9.45. The smallest absolute Gasteiger partial charge is 0.295 e. The number of hydrogen-bond donors (Lipinski definition) is 1. The highest BCUT2D eigenvalue weighted by Crippen LogP contribution is 2.39. The van der Waals surface area contributed by atoms with Crippen molar-refractivity contribution in [2.45, 2.75) is 26.0 Å². The summed E-state index contributed by atoms with van der Waals surface area (Å²) in [7, 11) is 4.09. The molecular weight excluding hydrogens is 452 g/mol. The van der Waals surface area contributed by atoms with Gasteiger partial charge in [-0.2, -0.15) is 0 Å². The van der Waals surface area contributed by atoms with E-state index < -0.39 is 23.5 Å². The Morgan fingerprint density at radius 3 is 2.28 bits per heavy atom. The number of aryl methyl sites for hydroxylation is 1. The minimum atomic E-state index is -0.713. The molecule has 0 bridgehead atoms. The molecule has 1 amide bonds. The number of rotatable bonds is 9. The molecule has 0 radical (unpaired) electrons. The average molecular weight is 485 g/mol. The van der Waals surface area contributed by atoms with Crippen molar-refractivity contribution >= 4 is 17.4 Å². The molecule has 1 unspecified atom stereocenters. The third-order valence-corrected chi connectivity index (χ3v) is 6.41. The molecule has 0 spiro atoms. The second-order valence-electron chi connectivity index (χ2n) is 9.45. The Morgan fingerprint density at radius 2 is 1.64 bits per heavy atom. The number of quaternary nitrogens is 1. The van der Waals surface area contributed by atoms with Crippen molar-refractivity contribution < 1.29 is 24.3 Å². The monoisotopic (exact) mass is 484 g/mol. The van der Waals surface area contributed by atoms with E-state index in [1.807, 2.05) is 81.7 Å². The van der Waals surface area contributed by atoms with Gasteiger partial charge in [0.05, 0.1) is 26.7 Å². The lowest BCUT2D eigenvalue weighted by Gasteiger charge is -2.28. The number of amides is 1. The Balaban J connectivity index is 1.66. The molecular formula is C30H32N2O4. The quantitative estimate of drug-likeness (QED) is 0.287. The van der Waals surface area contributed by atoms with Crippen LogP contribution < -0.4 is 14.7 Å². The highest BCUT2D eigenvalue weighted by molar-refractivity contribution is 6.46. The zero-order valence-electron chi connectivity index (χ0n) is 21.0. The lowest BCUT2D eigenvalue weighted by molar-refractivity contribution is -0.858. The van der Waals surface area contributed by atoms with E-state index in [-0.39, 0.29) is 5.57 Å². The number of hydrogen-bond acceptors (Lipinski definition) is 4. The number of carbonyl (C=O) groups excluding carboxylic acids is 2. The van der Waals surface area contributed by atoms with E-state index in [0.717, 1.165) is 24.1 Å². The molecule has 0 aromatic heterocycles. The van der Waals surface area contributed by atoms with Crippen LogP contribution in [0.2, 0.25) is 0 Å². The van der Waals surface area contributed by atoms with Crippen LogP contribution in [-0.2, 0) is 16.2 Å². The van der Waals surface area contributed by atoms with Gasteiger partial charge in [0.2, 0.25) is 5.78 Å². The minimum absolute atomic E-state index is 0.0180. The van der Waals surface area contributed by atoms with Crippen LogP contribution in [0.15, 0.2) is 84.4 Å². The van der Waals surface area contributed by atoms with Gasteiger partial charge in [-0.25, -0.2) is 0 Å². The third-order valence-electron chi connectivity index (χ3n) is 6.41. The number of ether oxygens (including phenoxy) is 1. The molecule has 186 valence electrons.